The third-order valence-corrected chi connectivity index (χ3v) is 4.14. The van der Waals surface area contributed by atoms with Crippen molar-refractivity contribution in [2.75, 3.05) is 10.6 Å². The Labute approximate surface area is 147 Å². The van der Waals surface area contributed by atoms with E-state index in [1.54, 1.807) is 0 Å². The molecule has 0 heterocycles. The molecule has 0 saturated carbocycles. The van der Waals surface area contributed by atoms with E-state index in [-0.39, 0.29) is 15.2 Å². The second kappa shape index (κ2) is 6.98. The van der Waals surface area contributed by atoms with Crippen LogP contribution in [0.3, 0.4) is 0 Å². The average molecular weight is 428 g/mol. The van der Waals surface area contributed by atoms with E-state index in [9.17, 15) is 18.0 Å². The summed E-state index contributed by atoms with van der Waals surface area (Å²) in [5.41, 5.74) is -0.534. The van der Waals surface area contributed by atoms with E-state index in [2.05, 4.69) is 26.6 Å². The molecule has 0 radical (unpaired) electrons. The molecule has 2 N–H and O–H groups in total. The van der Waals surface area contributed by atoms with Crippen LogP contribution < -0.4 is 10.6 Å². The molecule has 122 valence electrons. The number of hydrogen-bond donors (Lipinski definition) is 2. The lowest BCUT2D eigenvalue weighted by molar-refractivity contribution is -0.138. The number of halogens is 6. The molecule has 9 heteroatoms. The van der Waals surface area contributed by atoms with Crippen LogP contribution in [-0.4, -0.2) is 6.03 Å². The standard InChI is InChI=1S/C14H8BrCl2F3N2O/c15-10-3-1-7(5-9(10)14(18,19)20)21-13(23)22-8-2-4-11(16)12(17)6-8/h1-6H,(H2,21,22,23). The Hall–Kier alpha value is -1.44. The Morgan fingerprint density at radius 2 is 1.52 bits per heavy atom. The summed E-state index contributed by atoms with van der Waals surface area (Å²) in [6, 6.07) is 7.09. The molecule has 2 aromatic carbocycles. The molecule has 2 amide bonds. The third-order valence-electron chi connectivity index (χ3n) is 2.71. The maximum absolute atomic E-state index is 12.8. The van der Waals surface area contributed by atoms with Crippen molar-refractivity contribution in [1.82, 2.24) is 0 Å². The maximum Gasteiger partial charge on any atom is 0.417 e. The van der Waals surface area contributed by atoms with Crippen LogP contribution in [0.15, 0.2) is 40.9 Å². The van der Waals surface area contributed by atoms with Gasteiger partial charge in [0.15, 0.2) is 0 Å². The Kier molecular flexibility index (Phi) is 5.44. The highest BCUT2D eigenvalue weighted by Crippen LogP contribution is 2.36. The minimum absolute atomic E-state index is 0.00177. The molecule has 23 heavy (non-hydrogen) atoms. The smallest absolute Gasteiger partial charge is 0.308 e. The molecule has 0 aliphatic heterocycles. The van der Waals surface area contributed by atoms with Crippen LogP contribution in [0, 0.1) is 0 Å². The second-order valence-corrected chi connectivity index (χ2v) is 6.07. The third kappa shape index (κ3) is 4.76. The topological polar surface area (TPSA) is 41.1 Å². The van der Waals surface area contributed by atoms with Crippen LogP contribution in [-0.2, 0) is 6.18 Å². The molecule has 0 spiro atoms. The first-order valence-corrected chi connectivity index (χ1v) is 7.61. The number of benzene rings is 2. The first-order valence-electron chi connectivity index (χ1n) is 6.06. The van der Waals surface area contributed by atoms with E-state index in [0.29, 0.717) is 10.7 Å². The Bertz CT molecular complexity index is 753. The molecule has 0 aromatic heterocycles. The Morgan fingerprint density at radius 3 is 2.09 bits per heavy atom. The predicted molar refractivity (Wildman–Crippen MR) is 88.2 cm³/mol. The summed E-state index contributed by atoms with van der Waals surface area (Å²) in [6.45, 7) is 0. The van der Waals surface area contributed by atoms with E-state index >= 15 is 0 Å². The van der Waals surface area contributed by atoms with Crippen molar-refractivity contribution < 1.29 is 18.0 Å². The first-order chi connectivity index (χ1) is 10.7. The summed E-state index contributed by atoms with van der Waals surface area (Å²) in [5, 5.41) is 5.33. The van der Waals surface area contributed by atoms with Crippen molar-refractivity contribution in [1.29, 1.82) is 0 Å². The minimum Gasteiger partial charge on any atom is -0.308 e. The monoisotopic (exact) mass is 426 g/mol. The summed E-state index contributed by atoms with van der Waals surface area (Å²) in [7, 11) is 0. The van der Waals surface area contributed by atoms with Gasteiger partial charge in [-0.1, -0.05) is 39.1 Å². The summed E-state index contributed by atoms with van der Waals surface area (Å²) in [4.78, 5) is 11.8. The van der Waals surface area contributed by atoms with Gasteiger partial charge >= 0.3 is 12.2 Å². The van der Waals surface area contributed by atoms with Crippen molar-refractivity contribution in [3.63, 3.8) is 0 Å². The van der Waals surface area contributed by atoms with Gasteiger partial charge < -0.3 is 10.6 Å². The minimum atomic E-state index is -4.53. The van der Waals surface area contributed by atoms with Crippen LogP contribution >= 0.6 is 39.1 Å². The number of hydrogen-bond acceptors (Lipinski definition) is 1. The zero-order valence-electron chi connectivity index (χ0n) is 11.1. The van der Waals surface area contributed by atoms with E-state index in [1.807, 2.05) is 0 Å². The largest absolute Gasteiger partial charge is 0.417 e. The molecule has 0 unspecified atom stereocenters. The highest BCUT2D eigenvalue weighted by atomic mass is 79.9. The molecular weight excluding hydrogens is 420 g/mol. The molecule has 3 nitrogen and oxygen atoms in total. The lowest BCUT2D eigenvalue weighted by Gasteiger charge is -2.12. The highest BCUT2D eigenvalue weighted by molar-refractivity contribution is 9.10. The fourth-order valence-electron chi connectivity index (χ4n) is 1.69. The maximum atomic E-state index is 12.8. The van der Waals surface area contributed by atoms with Crippen molar-refractivity contribution in [2.45, 2.75) is 6.18 Å². The van der Waals surface area contributed by atoms with Crippen molar-refractivity contribution in [3.8, 4) is 0 Å². The van der Waals surface area contributed by atoms with Crippen LogP contribution in [0.5, 0.6) is 0 Å². The van der Waals surface area contributed by atoms with E-state index < -0.39 is 17.8 Å². The number of urea groups is 1. The fourth-order valence-corrected chi connectivity index (χ4v) is 2.46. The van der Waals surface area contributed by atoms with Gasteiger partial charge in [0.1, 0.15) is 0 Å². The summed E-state index contributed by atoms with van der Waals surface area (Å²) in [6.07, 6.45) is -4.53. The lowest BCUT2D eigenvalue weighted by atomic mass is 10.2. The quantitative estimate of drug-likeness (QED) is 0.570. The van der Waals surface area contributed by atoms with Gasteiger partial charge in [0.2, 0.25) is 0 Å². The van der Waals surface area contributed by atoms with Gasteiger partial charge in [0.05, 0.1) is 15.6 Å². The van der Waals surface area contributed by atoms with Gasteiger partial charge in [0.25, 0.3) is 0 Å². The van der Waals surface area contributed by atoms with Gasteiger partial charge in [-0.25, -0.2) is 4.79 Å². The molecule has 0 aliphatic rings. The molecule has 0 aliphatic carbocycles. The lowest BCUT2D eigenvalue weighted by Crippen LogP contribution is -2.20. The first kappa shape index (κ1) is 17.9. The second-order valence-electron chi connectivity index (χ2n) is 4.40. The van der Waals surface area contributed by atoms with Crippen molar-refractivity contribution in [3.05, 3.63) is 56.5 Å². The fraction of sp³-hybridized carbons (Fsp3) is 0.0714. The number of carbonyl (C=O) groups excluding carboxylic acids is 1. The van der Waals surface area contributed by atoms with Gasteiger partial charge in [-0.05, 0) is 36.4 Å². The Balaban J connectivity index is 2.12. The van der Waals surface area contributed by atoms with Gasteiger partial charge in [-0.15, -0.1) is 0 Å². The van der Waals surface area contributed by atoms with Crippen LogP contribution in [0.1, 0.15) is 5.56 Å². The predicted octanol–water partition coefficient (Wildman–Crippen LogP) is 6.42. The molecule has 0 saturated heterocycles. The number of nitrogens with one attached hydrogen (secondary N) is 2. The molecule has 0 atom stereocenters. The van der Waals surface area contributed by atoms with E-state index in [1.165, 1.54) is 30.3 Å². The van der Waals surface area contributed by atoms with E-state index in [0.717, 1.165) is 6.07 Å². The Morgan fingerprint density at radius 1 is 0.957 bits per heavy atom. The van der Waals surface area contributed by atoms with Crippen molar-refractivity contribution >= 4 is 56.5 Å². The molecule has 0 bridgehead atoms. The normalized spacial score (nSPS) is 11.2. The zero-order valence-corrected chi connectivity index (χ0v) is 14.2. The van der Waals surface area contributed by atoms with Gasteiger partial charge in [-0.3, -0.25) is 0 Å². The number of rotatable bonds is 2. The average Bonchev–Trinajstić information content (AvgIpc) is 2.44. The number of alkyl halides is 3. The van der Waals surface area contributed by atoms with Crippen LogP contribution in [0.4, 0.5) is 29.3 Å². The number of anilines is 2. The van der Waals surface area contributed by atoms with Crippen LogP contribution in [0.2, 0.25) is 10.0 Å². The van der Waals surface area contributed by atoms with Crippen LogP contribution in [0.25, 0.3) is 0 Å². The number of amides is 2. The summed E-state index contributed by atoms with van der Waals surface area (Å²) in [5.74, 6) is 0. The molecule has 2 aromatic rings. The van der Waals surface area contributed by atoms with Gasteiger partial charge in [-0.2, -0.15) is 13.2 Å². The molecular formula is C14H8BrCl2F3N2O. The molecule has 0 fully saturated rings. The number of carbonyl (C=O) groups is 1. The SMILES string of the molecule is O=C(Nc1ccc(Cl)c(Cl)c1)Nc1ccc(Br)c(C(F)(F)F)c1. The van der Waals surface area contributed by atoms with Gasteiger partial charge in [0, 0.05) is 15.8 Å². The molecule has 2 rings (SSSR count). The highest BCUT2D eigenvalue weighted by Gasteiger charge is 2.33. The zero-order chi connectivity index (χ0) is 17.2. The van der Waals surface area contributed by atoms with Crippen molar-refractivity contribution in [2.24, 2.45) is 0 Å². The summed E-state index contributed by atoms with van der Waals surface area (Å²) < 4.78 is 38.3. The van der Waals surface area contributed by atoms with E-state index in [4.69, 9.17) is 23.2 Å². The summed E-state index contributed by atoms with van der Waals surface area (Å²) >= 11 is 14.4.